The van der Waals surface area contributed by atoms with Crippen LogP contribution in [-0.4, -0.2) is 10.8 Å². The number of nitrogens with two attached hydrogens (primary N) is 1. The van der Waals surface area contributed by atoms with Gasteiger partial charge in [-0.1, -0.05) is 30.3 Å². The number of nitrogens with one attached hydrogen (secondary N) is 1. The number of carbonyl (C=O) groups excluding carboxylic acids is 1. The summed E-state index contributed by atoms with van der Waals surface area (Å²) in [6.45, 7) is 0. The molecular weight excluding hydrogens is 290 g/mol. The fourth-order valence-electron chi connectivity index (χ4n) is 1.83. The molecule has 21 heavy (non-hydrogen) atoms. The highest BCUT2D eigenvalue weighted by atomic mass is 32.2. The number of benzene rings is 2. The van der Waals surface area contributed by atoms with E-state index >= 15 is 0 Å². The number of nitrogens with zero attached hydrogens (tertiary/aromatic N) is 1. The fraction of sp³-hybridized carbons (Fsp3) is 0.0714. The molecule has 3 N–H and O–H groups in total. The van der Waals surface area contributed by atoms with Crippen LogP contribution in [0, 0.1) is 10.1 Å². The van der Waals surface area contributed by atoms with Crippen molar-refractivity contribution in [1.82, 2.24) is 5.43 Å². The molecule has 0 spiro atoms. The molecule has 0 aromatic heterocycles. The van der Waals surface area contributed by atoms with Crippen LogP contribution in [0.3, 0.4) is 0 Å². The van der Waals surface area contributed by atoms with Gasteiger partial charge >= 0.3 is 0 Å². The van der Waals surface area contributed by atoms with Crippen LogP contribution < -0.4 is 11.3 Å². The molecule has 0 heterocycles. The Bertz CT molecular complexity index is 676. The fourth-order valence-corrected chi connectivity index (χ4v) is 2.86. The van der Waals surface area contributed by atoms with Gasteiger partial charge in [0.15, 0.2) is 0 Å². The molecule has 2 aromatic carbocycles. The highest BCUT2D eigenvalue weighted by molar-refractivity contribution is 7.98. The first-order valence-electron chi connectivity index (χ1n) is 6.08. The van der Waals surface area contributed by atoms with Crippen LogP contribution in [0.5, 0.6) is 0 Å². The topological polar surface area (TPSA) is 98.3 Å². The number of thioether (sulfide) groups is 1. The molecule has 0 saturated heterocycles. The van der Waals surface area contributed by atoms with Gasteiger partial charge in [0.05, 0.1) is 9.82 Å². The Balaban J connectivity index is 2.21. The van der Waals surface area contributed by atoms with E-state index < -0.39 is 4.92 Å². The molecule has 0 atom stereocenters. The van der Waals surface area contributed by atoms with Crippen LogP contribution in [0.15, 0.2) is 53.4 Å². The largest absolute Gasteiger partial charge is 0.290 e. The molecule has 0 aliphatic carbocycles. The van der Waals surface area contributed by atoms with Crippen molar-refractivity contribution < 1.29 is 9.72 Å². The van der Waals surface area contributed by atoms with Gasteiger partial charge in [0.25, 0.3) is 11.6 Å². The first-order valence-corrected chi connectivity index (χ1v) is 7.07. The number of nitrogen functional groups attached to an aromatic ring is 1. The van der Waals surface area contributed by atoms with Crippen molar-refractivity contribution in [3.63, 3.8) is 0 Å². The van der Waals surface area contributed by atoms with E-state index in [9.17, 15) is 14.9 Å². The molecule has 0 radical (unpaired) electrons. The monoisotopic (exact) mass is 303 g/mol. The number of para-hydroxylation sites is 1. The lowest BCUT2D eigenvalue weighted by atomic mass is 10.1. The molecule has 6 nitrogen and oxygen atoms in total. The van der Waals surface area contributed by atoms with Crippen molar-refractivity contribution >= 4 is 23.4 Å². The zero-order valence-electron chi connectivity index (χ0n) is 11.0. The number of hydrazine groups is 1. The maximum atomic E-state index is 11.7. The summed E-state index contributed by atoms with van der Waals surface area (Å²) in [5, 5.41) is 11.0. The third-order valence-electron chi connectivity index (χ3n) is 2.84. The number of carbonyl (C=O) groups is 1. The van der Waals surface area contributed by atoms with Gasteiger partial charge in [-0.15, -0.1) is 11.8 Å². The average Bonchev–Trinajstić information content (AvgIpc) is 2.52. The molecule has 0 aliphatic rings. The van der Waals surface area contributed by atoms with Gasteiger partial charge in [-0.25, -0.2) is 5.84 Å². The number of hydrogen-bond acceptors (Lipinski definition) is 5. The van der Waals surface area contributed by atoms with Crippen LogP contribution >= 0.6 is 11.8 Å². The Hall–Kier alpha value is -2.38. The van der Waals surface area contributed by atoms with Crippen LogP contribution in [-0.2, 0) is 5.75 Å². The van der Waals surface area contributed by atoms with E-state index in [0.717, 1.165) is 5.56 Å². The van der Waals surface area contributed by atoms with E-state index in [1.165, 1.54) is 17.8 Å². The second kappa shape index (κ2) is 6.87. The molecule has 2 rings (SSSR count). The Morgan fingerprint density at radius 2 is 1.86 bits per heavy atom. The van der Waals surface area contributed by atoms with Crippen LogP contribution in [0.4, 0.5) is 5.69 Å². The predicted octanol–water partition coefficient (Wildman–Crippen LogP) is 2.49. The van der Waals surface area contributed by atoms with Crippen LogP contribution in [0.2, 0.25) is 0 Å². The summed E-state index contributed by atoms with van der Waals surface area (Å²) in [5.41, 5.74) is 3.38. The average molecular weight is 303 g/mol. The van der Waals surface area contributed by atoms with Crippen molar-refractivity contribution in [2.45, 2.75) is 10.6 Å². The van der Waals surface area contributed by atoms with E-state index in [1.54, 1.807) is 36.4 Å². The molecule has 0 bridgehead atoms. The summed E-state index contributed by atoms with van der Waals surface area (Å²) in [6.07, 6.45) is 0. The van der Waals surface area contributed by atoms with Gasteiger partial charge in [-0.2, -0.15) is 0 Å². The SMILES string of the molecule is NNC(=O)c1ccccc1CSc1ccccc1[N+](=O)[O-]. The van der Waals surface area contributed by atoms with E-state index in [-0.39, 0.29) is 11.6 Å². The predicted molar refractivity (Wildman–Crippen MR) is 80.8 cm³/mol. The Morgan fingerprint density at radius 1 is 1.19 bits per heavy atom. The molecular formula is C14H13N3O3S. The Morgan fingerprint density at radius 3 is 2.57 bits per heavy atom. The minimum absolute atomic E-state index is 0.0586. The number of hydrogen-bond donors (Lipinski definition) is 2. The van der Waals surface area contributed by atoms with Gasteiger partial charge in [0.2, 0.25) is 0 Å². The van der Waals surface area contributed by atoms with Crippen LogP contribution in [0.1, 0.15) is 15.9 Å². The highest BCUT2D eigenvalue weighted by Gasteiger charge is 2.15. The molecule has 7 heteroatoms. The first kappa shape index (κ1) is 15.0. The van der Waals surface area contributed by atoms with Crippen molar-refractivity contribution in [2.24, 2.45) is 5.84 Å². The zero-order chi connectivity index (χ0) is 15.2. The normalized spacial score (nSPS) is 10.1. The van der Waals surface area contributed by atoms with Gasteiger partial charge < -0.3 is 0 Å². The minimum Gasteiger partial charge on any atom is -0.290 e. The molecule has 2 aromatic rings. The summed E-state index contributed by atoms with van der Waals surface area (Å²) in [5.74, 6) is 5.21. The van der Waals surface area contributed by atoms with Crippen molar-refractivity contribution in [2.75, 3.05) is 0 Å². The van der Waals surface area contributed by atoms with Gasteiger partial charge in [0.1, 0.15) is 0 Å². The van der Waals surface area contributed by atoms with E-state index in [0.29, 0.717) is 16.2 Å². The zero-order valence-corrected chi connectivity index (χ0v) is 11.8. The standard InChI is InChI=1S/C14H13N3O3S/c15-16-14(18)11-6-2-1-5-10(11)9-21-13-8-4-3-7-12(13)17(19)20/h1-8H,9,15H2,(H,16,18). The number of nitro groups is 1. The lowest BCUT2D eigenvalue weighted by Crippen LogP contribution is -2.30. The molecule has 0 fully saturated rings. The third-order valence-corrected chi connectivity index (χ3v) is 3.95. The first-order chi connectivity index (χ1) is 10.1. The van der Waals surface area contributed by atoms with E-state index in [2.05, 4.69) is 5.43 Å². The lowest BCUT2D eigenvalue weighted by molar-refractivity contribution is -0.387. The maximum absolute atomic E-state index is 11.7. The highest BCUT2D eigenvalue weighted by Crippen LogP contribution is 2.31. The summed E-state index contributed by atoms with van der Waals surface area (Å²) in [6, 6.07) is 13.5. The molecule has 1 amide bonds. The summed E-state index contributed by atoms with van der Waals surface area (Å²) >= 11 is 1.31. The van der Waals surface area contributed by atoms with E-state index in [4.69, 9.17) is 5.84 Å². The molecule has 108 valence electrons. The van der Waals surface area contributed by atoms with Gasteiger partial charge in [0, 0.05) is 17.4 Å². The smallest absolute Gasteiger partial charge is 0.282 e. The van der Waals surface area contributed by atoms with Crippen molar-refractivity contribution in [3.05, 3.63) is 69.8 Å². The molecule has 0 unspecified atom stereocenters. The summed E-state index contributed by atoms with van der Waals surface area (Å²) in [7, 11) is 0. The molecule has 0 saturated carbocycles. The van der Waals surface area contributed by atoms with Gasteiger partial charge in [-0.3, -0.25) is 20.3 Å². The van der Waals surface area contributed by atoms with Crippen molar-refractivity contribution in [1.29, 1.82) is 0 Å². The van der Waals surface area contributed by atoms with E-state index in [1.807, 2.05) is 6.07 Å². The second-order valence-electron chi connectivity index (χ2n) is 4.14. The molecule has 0 aliphatic heterocycles. The lowest BCUT2D eigenvalue weighted by Gasteiger charge is -2.08. The van der Waals surface area contributed by atoms with Gasteiger partial charge in [-0.05, 0) is 17.7 Å². The Labute approximate surface area is 125 Å². The van der Waals surface area contributed by atoms with Crippen molar-refractivity contribution in [3.8, 4) is 0 Å². The third kappa shape index (κ3) is 3.59. The number of nitro benzene ring substituents is 1. The summed E-state index contributed by atoms with van der Waals surface area (Å²) < 4.78 is 0. The maximum Gasteiger partial charge on any atom is 0.282 e. The number of rotatable bonds is 5. The quantitative estimate of drug-likeness (QED) is 0.291. The summed E-state index contributed by atoms with van der Waals surface area (Å²) in [4.78, 5) is 22.8. The second-order valence-corrected chi connectivity index (χ2v) is 5.16. The number of amides is 1. The minimum atomic E-state index is -0.416. The van der Waals surface area contributed by atoms with Crippen LogP contribution in [0.25, 0.3) is 0 Å². The Kier molecular flexibility index (Phi) is 4.91.